The maximum atomic E-state index is 2.60. The fraction of sp³-hybridized carbons (Fsp3) is 0.212. The fourth-order valence-corrected chi connectivity index (χ4v) is 16.7. The van der Waals surface area contributed by atoms with Crippen LogP contribution in [0.2, 0.25) is 58.9 Å². The van der Waals surface area contributed by atoms with Gasteiger partial charge >= 0.3 is 0 Å². The Hall–Kier alpha value is -6.49. The van der Waals surface area contributed by atoms with Gasteiger partial charge in [0, 0.05) is 70.2 Å². The van der Waals surface area contributed by atoms with E-state index in [0.717, 1.165) is 0 Å². The number of anilines is 6. The predicted molar refractivity (Wildman–Crippen MR) is 333 cm³/mol. The summed E-state index contributed by atoms with van der Waals surface area (Å²) in [6.45, 7) is 31.3. The molecule has 3 aromatic heterocycles. The van der Waals surface area contributed by atoms with Crippen LogP contribution < -0.4 is 25.4 Å². The molecule has 0 aliphatic heterocycles. The molecule has 0 radical (unpaired) electrons. The van der Waals surface area contributed by atoms with E-state index >= 15 is 0 Å². The highest BCUT2D eigenvalue weighted by atomic mass is 32.1. The molecule has 3 heterocycles. The Bertz CT molecular complexity index is 4140. The van der Waals surface area contributed by atoms with Crippen molar-refractivity contribution in [1.82, 2.24) is 4.40 Å². The van der Waals surface area contributed by atoms with Gasteiger partial charge in [-0.25, -0.2) is 0 Å². The van der Waals surface area contributed by atoms with Crippen molar-refractivity contribution >= 4 is 154 Å². The van der Waals surface area contributed by atoms with Crippen LogP contribution in [0.1, 0.15) is 31.9 Å². The molecule has 0 saturated carbocycles. The molecular formula is C66H67N3SSi3. The zero-order chi connectivity index (χ0) is 51.1. The van der Waals surface area contributed by atoms with Gasteiger partial charge in [-0.1, -0.05) is 175 Å². The summed E-state index contributed by atoms with van der Waals surface area (Å²) >= 11 is 1.91. The molecule has 0 spiro atoms. The van der Waals surface area contributed by atoms with Crippen LogP contribution in [0.3, 0.4) is 0 Å². The van der Waals surface area contributed by atoms with Gasteiger partial charge in [0.1, 0.15) is 0 Å². The van der Waals surface area contributed by atoms with Crippen molar-refractivity contribution in [2.45, 2.75) is 92.0 Å². The number of thiophene rings is 1. The van der Waals surface area contributed by atoms with Crippen LogP contribution in [0.4, 0.5) is 34.1 Å². The second-order valence-corrected chi connectivity index (χ2v) is 41.1. The van der Waals surface area contributed by atoms with Crippen LogP contribution in [-0.4, -0.2) is 28.6 Å². The summed E-state index contributed by atoms with van der Waals surface area (Å²) in [4.78, 5) is 5.05. The molecule has 0 bridgehead atoms. The van der Waals surface area contributed by atoms with E-state index in [-0.39, 0.29) is 5.41 Å². The van der Waals surface area contributed by atoms with Crippen LogP contribution in [0.5, 0.6) is 0 Å². The minimum Gasteiger partial charge on any atom is -0.310 e. The summed E-state index contributed by atoms with van der Waals surface area (Å²) < 4.78 is 5.21. The van der Waals surface area contributed by atoms with Gasteiger partial charge in [0.2, 0.25) is 0 Å². The summed E-state index contributed by atoms with van der Waals surface area (Å²) in [6.07, 6.45) is 0. The first-order chi connectivity index (χ1) is 34.6. The van der Waals surface area contributed by atoms with Crippen molar-refractivity contribution in [1.29, 1.82) is 0 Å². The number of benzene rings is 9. The number of para-hydroxylation sites is 2. The zero-order valence-corrected chi connectivity index (χ0v) is 48.7. The van der Waals surface area contributed by atoms with Crippen molar-refractivity contribution in [2.75, 3.05) is 9.80 Å². The largest absolute Gasteiger partial charge is 0.310 e. The van der Waals surface area contributed by atoms with Gasteiger partial charge in [-0.15, -0.1) is 11.3 Å². The molecule has 7 heteroatoms. The Labute approximate surface area is 438 Å². The topological polar surface area (TPSA) is 10.9 Å². The molecular weight excluding hydrogens is 951 g/mol. The predicted octanol–water partition coefficient (Wildman–Crippen LogP) is 18.5. The molecule has 0 N–H and O–H groups in total. The molecule has 0 unspecified atom stereocenters. The lowest BCUT2D eigenvalue weighted by Gasteiger charge is -2.32. The lowest BCUT2D eigenvalue weighted by molar-refractivity contribution is 0.591. The summed E-state index contributed by atoms with van der Waals surface area (Å²) in [5.74, 6) is 0. The molecule has 0 aliphatic rings. The van der Waals surface area contributed by atoms with Gasteiger partial charge in [0.05, 0.1) is 46.5 Å². The van der Waals surface area contributed by atoms with Crippen molar-refractivity contribution in [2.24, 2.45) is 0 Å². The van der Waals surface area contributed by atoms with Crippen LogP contribution in [0.15, 0.2) is 170 Å². The highest BCUT2D eigenvalue weighted by Crippen LogP contribution is 2.50. The average molecular weight is 1020 g/mol. The van der Waals surface area contributed by atoms with Crippen molar-refractivity contribution in [3.8, 4) is 0 Å². The van der Waals surface area contributed by atoms with Gasteiger partial charge in [-0.2, -0.15) is 0 Å². The van der Waals surface area contributed by atoms with Gasteiger partial charge in [0.25, 0.3) is 0 Å². The molecule has 0 amide bonds. The average Bonchev–Trinajstić information content (AvgIpc) is 4.00. The molecule has 364 valence electrons. The SMILES string of the molecule is Cc1ccccc1N(c1ccc([Si](C)(C)C)cc1)c1ccc2c(c1)sc1cc3ccc4c(c3cc12)c1ccc(N(c2ccc([Si](C)(C)C)cc2)c2ccccc2[Si](C)(C)C)c2c3cc(C(C)(C)C)ccc3n4c12. The summed E-state index contributed by atoms with van der Waals surface area (Å²) in [5, 5.41) is 14.8. The second kappa shape index (κ2) is 16.8. The quantitative estimate of drug-likeness (QED) is 0.133. The Morgan fingerprint density at radius 3 is 1.66 bits per heavy atom. The van der Waals surface area contributed by atoms with E-state index in [2.05, 4.69) is 271 Å². The third-order valence-corrected chi connectivity index (χ3v) is 22.9. The number of rotatable bonds is 9. The normalized spacial score (nSPS) is 13.0. The monoisotopic (exact) mass is 1020 g/mol. The third-order valence-electron chi connectivity index (χ3n) is 15.6. The number of aryl methyl sites for hydroxylation is 1. The molecule has 12 aromatic rings. The third kappa shape index (κ3) is 7.85. The van der Waals surface area contributed by atoms with Crippen molar-refractivity contribution in [3.63, 3.8) is 0 Å². The van der Waals surface area contributed by atoms with Gasteiger partial charge in [-0.3, -0.25) is 0 Å². The molecule has 0 saturated heterocycles. The number of hydrogen-bond acceptors (Lipinski definition) is 3. The van der Waals surface area contributed by atoms with Gasteiger partial charge in [0.15, 0.2) is 0 Å². The highest BCUT2D eigenvalue weighted by Gasteiger charge is 2.30. The molecule has 0 aliphatic carbocycles. The minimum atomic E-state index is -1.81. The van der Waals surface area contributed by atoms with E-state index in [1.807, 2.05) is 11.3 Å². The lowest BCUT2D eigenvalue weighted by Crippen LogP contribution is -2.40. The summed E-state index contributed by atoms with van der Waals surface area (Å²) in [5.41, 5.74) is 13.7. The Kier molecular flexibility index (Phi) is 10.9. The zero-order valence-electron chi connectivity index (χ0n) is 44.9. The fourth-order valence-electron chi connectivity index (χ4n) is 11.6. The first-order valence-corrected chi connectivity index (χ1v) is 37.5. The first-order valence-electron chi connectivity index (χ1n) is 26.2. The van der Waals surface area contributed by atoms with Crippen LogP contribution in [0, 0.1) is 6.92 Å². The molecule has 73 heavy (non-hydrogen) atoms. The van der Waals surface area contributed by atoms with Gasteiger partial charge in [-0.05, 0) is 124 Å². The van der Waals surface area contributed by atoms with E-state index < -0.39 is 24.2 Å². The summed E-state index contributed by atoms with van der Waals surface area (Å²) in [7, 11) is -4.80. The number of hydrogen-bond donors (Lipinski definition) is 0. The Morgan fingerprint density at radius 1 is 0.425 bits per heavy atom. The second-order valence-electron chi connectivity index (χ2n) is 24.8. The number of aromatic nitrogens is 1. The molecule has 0 fully saturated rings. The first kappa shape index (κ1) is 47.5. The summed E-state index contributed by atoms with van der Waals surface area (Å²) in [6, 6.07) is 66.0. The molecule has 0 atom stereocenters. The maximum Gasteiger partial charge on any atom is 0.0803 e. The van der Waals surface area contributed by atoms with Gasteiger partial charge < -0.3 is 14.2 Å². The number of nitrogens with zero attached hydrogens (tertiary/aromatic N) is 3. The van der Waals surface area contributed by atoms with Crippen molar-refractivity contribution < 1.29 is 0 Å². The number of fused-ring (bicyclic) bond motifs is 11. The Morgan fingerprint density at radius 2 is 1.01 bits per heavy atom. The van der Waals surface area contributed by atoms with Crippen molar-refractivity contribution in [3.05, 3.63) is 181 Å². The molecule has 12 rings (SSSR count). The maximum absolute atomic E-state index is 2.60. The van der Waals surface area contributed by atoms with E-state index in [0.29, 0.717) is 0 Å². The van der Waals surface area contributed by atoms with Crippen LogP contribution in [0.25, 0.3) is 69.0 Å². The molecule has 3 nitrogen and oxygen atoms in total. The van der Waals surface area contributed by atoms with E-state index in [4.69, 9.17) is 0 Å². The minimum absolute atomic E-state index is 0.0113. The molecule has 9 aromatic carbocycles. The van der Waals surface area contributed by atoms with E-state index in [1.165, 1.54) is 130 Å². The highest BCUT2D eigenvalue weighted by molar-refractivity contribution is 7.26. The van der Waals surface area contributed by atoms with Crippen LogP contribution >= 0.6 is 11.3 Å². The smallest absolute Gasteiger partial charge is 0.0803 e. The van der Waals surface area contributed by atoms with Crippen LogP contribution in [-0.2, 0) is 5.41 Å². The standard InChI is InChI=1S/C66H67N3SSi3/c1-42-18-14-15-19-55(42)67(45-24-29-48(30-25-45)71(5,6)7)47-28-33-50-53-41-52-43(38-60(53)70-61(50)40-47)22-35-58-63(52)51-34-37-59(64-54-39-44(66(2,3)4)23-36-56(54)69(58)65(51)64)68(46-26-31-49(32-27-46)72(8,9)10)57-20-16-17-21-62(57)73(11,12)13/h14-41H,1-13H3. The Balaban J connectivity index is 1.10. The lowest BCUT2D eigenvalue weighted by atomic mass is 9.86. The van der Waals surface area contributed by atoms with E-state index in [9.17, 15) is 0 Å². The van der Waals surface area contributed by atoms with E-state index in [1.54, 1.807) is 0 Å².